The van der Waals surface area contributed by atoms with Crippen LogP contribution in [0.25, 0.3) is 0 Å². The molecule has 2 aromatic rings. The van der Waals surface area contributed by atoms with E-state index in [0.717, 1.165) is 12.1 Å². The molecule has 0 spiro atoms. The fourth-order valence-electron chi connectivity index (χ4n) is 3.45. The Morgan fingerprint density at radius 1 is 1.19 bits per heavy atom. The molecule has 0 radical (unpaired) electrons. The lowest BCUT2D eigenvalue weighted by molar-refractivity contribution is -0.0436. The molecule has 0 bridgehead atoms. The standard InChI is InChI=1S/C21H22ClF3N2O3S/c1-5-13-15(22)9-14(20(2,3)4)18(28)17(13)19-26-10-11-8-12(6-7-16(11)27-19)31(29,30)21(23,24)25/h6-9,28H,5,10H2,1-4H3,(H,26,27). The maximum atomic E-state index is 12.9. The average Bonchev–Trinajstić information content (AvgIpc) is 2.66. The van der Waals surface area contributed by atoms with E-state index in [1.807, 2.05) is 27.7 Å². The molecule has 0 atom stereocenters. The van der Waals surface area contributed by atoms with Crippen LogP contribution in [0, 0.1) is 0 Å². The van der Waals surface area contributed by atoms with Gasteiger partial charge in [0.1, 0.15) is 11.6 Å². The molecule has 0 saturated heterocycles. The molecule has 0 aromatic heterocycles. The molecule has 1 aliphatic rings. The highest BCUT2D eigenvalue weighted by molar-refractivity contribution is 7.92. The van der Waals surface area contributed by atoms with Gasteiger partial charge in [0.15, 0.2) is 0 Å². The molecule has 0 unspecified atom stereocenters. The van der Waals surface area contributed by atoms with Crippen LogP contribution >= 0.6 is 11.6 Å². The number of aliphatic imine (C=N–C) groups is 1. The lowest BCUT2D eigenvalue weighted by atomic mass is 9.83. The Kier molecular flexibility index (Phi) is 5.82. The molecule has 5 nitrogen and oxygen atoms in total. The highest BCUT2D eigenvalue weighted by atomic mass is 35.5. The fourth-order valence-corrected chi connectivity index (χ4v) is 4.60. The molecule has 0 fully saturated rings. The van der Waals surface area contributed by atoms with Gasteiger partial charge < -0.3 is 10.4 Å². The van der Waals surface area contributed by atoms with E-state index in [9.17, 15) is 26.7 Å². The number of sulfone groups is 1. The molecule has 10 heteroatoms. The number of rotatable bonds is 3. The van der Waals surface area contributed by atoms with Gasteiger partial charge in [0, 0.05) is 16.3 Å². The fraction of sp³-hybridized carbons (Fsp3) is 0.381. The number of hydrogen-bond donors (Lipinski definition) is 2. The third-order valence-electron chi connectivity index (χ3n) is 5.10. The Labute approximate surface area is 183 Å². The maximum absolute atomic E-state index is 12.9. The summed E-state index contributed by atoms with van der Waals surface area (Å²) in [7, 11) is -5.45. The summed E-state index contributed by atoms with van der Waals surface area (Å²) < 4.78 is 62.0. The number of phenols is 1. The second kappa shape index (κ2) is 7.70. The molecule has 31 heavy (non-hydrogen) atoms. The zero-order valence-electron chi connectivity index (χ0n) is 17.4. The predicted octanol–water partition coefficient (Wildman–Crippen LogP) is 5.57. The van der Waals surface area contributed by atoms with Crippen molar-refractivity contribution in [3.8, 4) is 5.75 Å². The van der Waals surface area contributed by atoms with Gasteiger partial charge in [-0.3, -0.25) is 4.99 Å². The van der Waals surface area contributed by atoms with Crippen molar-refractivity contribution in [3.05, 3.63) is 51.5 Å². The summed E-state index contributed by atoms with van der Waals surface area (Å²) in [4.78, 5) is 3.53. The predicted molar refractivity (Wildman–Crippen MR) is 115 cm³/mol. The van der Waals surface area contributed by atoms with Crippen molar-refractivity contribution in [2.24, 2.45) is 4.99 Å². The minimum Gasteiger partial charge on any atom is -0.507 e. The van der Waals surface area contributed by atoms with Crippen LogP contribution < -0.4 is 5.32 Å². The van der Waals surface area contributed by atoms with E-state index in [4.69, 9.17) is 11.6 Å². The molecule has 0 saturated carbocycles. The monoisotopic (exact) mass is 474 g/mol. The third kappa shape index (κ3) is 4.13. The first-order valence-electron chi connectivity index (χ1n) is 9.49. The van der Waals surface area contributed by atoms with Crippen molar-refractivity contribution in [2.75, 3.05) is 5.32 Å². The minimum absolute atomic E-state index is 0.0275. The van der Waals surface area contributed by atoms with Crippen molar-refractivity contribution in [2.45, 2.75) is 56.5 Å². The van der Waals surface area contributed by atoms with E-state index in [2.05, 4.69) is 10.3 Å². The first-order valence-corrected chi connectivity index (χ1v) is 11.4. The highest BCUT2D eigenvalue weighted by Crippen LogP contribution is 2.40. The highest BCUT2D eigenvalue weighted by Gasteiger charge is 2.47. The molecule has 2 N–H and O–H groups in total. The van der Waals surface area contributed by atoms with Gasteiger partial charge >= 0.3 is 5.51 Å². The lowest BCUT2D eigenvalue weighted by Gasteiger charge is -2.27. The summed E-state index contributed by atoms with van der Waals surface area (Å²) in [6.07, 6.45) is 0.516. The Hall–Kier alpha value is -2.26. The van der Waals surface area contributed by atoms with Gasteiger partial charge in [0.25, 0.3) is 9.84 Å². The van der Waals surface area contributed by atoms with Gasteiger partial charge in [-0.15, -0.1) is 0 Å². The van der Waals surface area contributed by atoms with Crippen LogP contribution in [0.1, 0.15) is 49.9 Å². The number of aromatic hydroxyl groups is 1. The molecule has 2 aromatic carbocycles. The Bertz CT molecular complexity index is 1180. The number of halogens is 4. The summed E-state index contributed by atoms with van der Waals surface area (Å²) >= 11 is 6.48. The smallest absolute Gasteiger partial charge is 0.501 e. The van der Waals surface area contributed by atoms with Gasteiger partial charge in [-0.1, -0.05) is 39.3 Å². The Balaban J connectivity index is 2.09. The molecule has 0 amide bonds. The number of nitrogens with one attached hydrogen (secondary N) is 1. The summed E-state index contributed by atoms with van der Waals surface area (Å²) in [5.41, 5.74) is -3.34. The van der Waals surface area contributed by atoms with E-state index < -0.39 is 25.7 Å². The quantitative estimate of drug-likeness (QED) is 0.609. The van der Waals surface area contributed by atoms with Crippen molar-refractivity contribution < 1.29 is 26.7 Å². The molecule has 1 heterocycles. The van der Waals surface area contributed by atoms with Crippen LogP contribution in [-0.2, 0) is 28.2 Å². The maximum Gasteiger partial charge on any atom is 0.501 e. The van der Waals surface area contributed by atoms with Gasteiger partial charge in [0.2, 0.25) is 0 Å². The van der Waals surface area contributed by atoms with Gasteiger partial charge in [-0.05, 0) is 47.2 Å². The number of amidine groups is 1. The molecular formula is C21H22ClF3N2O3S. The summed E-state index contributed by atoms with van der Waals surface area (Å²) in [6, 6.07) is 4.85. The van der Waals surface area contributed by atoms with Crippen molar-refractivity contribution >= 4 is 33.0 Å². The van der Waals surface area contributed by atoms with E-state index in [1.165, 1.54) is 6.07 Å². The van der Waals surface area contributed by atoms with Gasteiger partial charge in [0.05, 0.1) is 17.0 Å². The average molecular weight is 475 g/mol. The Morgan fingerprint density at radius 2 is 1.84 bits per heavy atom. The van der Waals surface area contributed by atoms with Crippen LogP contribution in [0.2, 0.25) is 5.02 Å². The summed E-state index contributed by atoms with van der Waals surface area (Å²) in [5.74, 6) is 0.348. The zero-order valence-corrected chi connectivity index (χ0v) is 18.9. The van der Waals surface area contributed by atoms with Gasteiger partial charge in [-0.25, -0.2) is 8.42 Å². The number of benzene rings is 2. The van der Waals surface area contributed by atoms with Crippen molar-refractivity contribution in [1.82, 2.24) is 0 Å². The third-order valence-corrected chi connectivity index (χ3v) is 6.92. The second-order valence-corrected chi connectivity index (χ2v) is 10.6. The minimum atomic E-state index is -5.45. The van der Waals surface area contributed by atoms with Crippen LogP contribution in [0.4, 0.5) is 18.9 Å². The second-order valence-electron chi connectivity index (χ2n) is 8.27. The molecule has 168 valence electrons. The number of anilines is 1. The molecule has 1 aliphatic heterocycles. The lowest BCUT2D eigenvalue weighted by Crippen LogP contribution is -2.25. The summed E-state index contributed by atoms with van der Waals surface area (Å²) in [6.45, 7) is 7.62. The topological polar surface area (TPSA) is 78.8 Å². The largest absolute Gasteiger partial charge is 0.507 e. The number of fused-ring (bicyclic) bond motifs is 1. The molecule has 0 aliphatic carbocycles. The van der Waals surface area contributed by atoms with Gasteiger partial charge in [-0.2, -0.15) is 13.2 Å². The Morgan fingerprint density at radius 3 is 2.39 bits per heavy atom. The first-order chi connectivity index (χ1) is 14.2. The SMILES string of the molecule is CCc1c(Cl)cc(C(C)(C)C)c(O)c1C1=NCc2cc(S(=O)(=O)C(F)(F)F)ccc2N1. The normalized spacial score (nSPS) is 14.6. The van der Waals surface area contributed by atoms with Crippen LogP contribution in [0.5, 0.6) is 5.75 Å². The van der Waals surface area contributed by atoms with Crippen LogP contribution in [-0.4, -0.2) is 24.9 Å². The number of alkyl halides is 3. The number of nitrogens with zero attached hydrogens (tertiary/aromatic N) is 1. The van der Waals surface area contributed by atoms with Crippen LogP contribution in [0.3, 0.4) is 0 Å². The summed E-state index contributed by atoms with van der Waals surface area (Å²) in [5, 5.41) is 14.5. The molecular weight excluding hydrogens is 453 g/mol. The zero-order chi connectivity index (χ0) is 23.4. The van der Waals surface area contributed by atoms with E-state index in [1.54, 1.807) is 6.07 Å². The van der Waals surface area contributed by atoms with Crippen LogP contribution in [0.15, 0.2) is 34.2 Å². The first kappa shape index (κ1) is 23.4. The van der Waals surface area contributed by atoms with E-state index in [-0.39, 0.29) is 12.3 Å². The van der Waals surface area contributed by atoms with Crippen molar-refractivity contribution in [3.63, 3.8) is 0 Å². The van der Waals surface area contributed by atoms with E-state index >= 15 is 0 Å². The number of phenolic OH excluding ortho intramolecular Hbond substituents is 1. The number of hydrogen-bond acceptors (Lipinski definition) is 5. The van der Waals surface area contributed by atoms with E-state index in [0.29, 0.717) is 45.2 Å². The van der Waals surface area contributed by atoms with Crippen molar-refractivity contribution in [1.29, 1.82) is 0 Å². The molecule has 3 rings (SSSR count).